The number of halogens is 1. The number of aromatic nitrogens is 1. The van der Waals surface area contributed by atoms with Crippen molar-refractivity contribution in [1.29, 1.82) is 0 Å². The molecule has 0 bridgehead atoms. The number of H-pyrrole nitrogens is 1. The van der Waals surface area contributed by atoms with E-state index in [1.807, 2.05) is 0 Å². The zero-order valence-electron chi connectivity index (χ0n) is 6.67. The Labute approximate surface area is 82.7 Å². The molecule has 1 aromatic rings. The van der Waals surface area contributed by atoms with Crippen LogP contribution in [0.1, 0.15) is 34.3 Å². The average molecular weight is 246 g/mol. The lowest BCUT2D eigenvalue weighted by Crippen LogP contribution is -1.99. The molecule has 0 saturated heterocycles. The third-order valence-corrected chi connectivity index (χ3v) is 3.10. The fraction of sp³-hybridized carbons (Fsp3) is 0.375. The van der Waals surface area contributed by atoms with E-state index >= 15 is 0 Å². The molecule has 5 heteroatoms. The summed E-state index contributed by atoms with van der Waals surface area (Å²) in [5.41, 5.74) is 1.66. The molecular weight excluding hydrogens is 238 g/mol. The molecular formula is C8H8BrNO3. The molecule has 1 aromatic heterocycles. The Morgan fingerprint density at radius 3 is 2.85 bits per heavy atom. The van der Waals surface area contributed by atoms with Gasteiger partial charge in [0.25, 0.3) is 0 Å². The summed E-state index contributed by atoms with van der Waals surface area (Å²) in [6, 6.07) is 0. The second-order valence-electron chi connectivity index (χ2n) is 3.07. The van der Waals surface area contributed by atoms with E-state index in [-0.39, 0.29) is 5.69 Å². The normalized spacial score (nSPS) is 20.3. The smallest absolute Gasteiger partial charge is 0.353 e. The maximum absolute atomic E-state index is 10.7. The van der Waals surface area contributed by atoms with Crippen LogP contribution in [0.25, 0.3) is 0 Å². The van der Waals surface area contributed by atoms with Crippen molar-refractivity contribution in [1.82, 2.24) is 4.98 Å². The molecule has 0 amide bonds. The third kappa shape index (κ3) is 1.19. The van der Waals surface area contributed by atoms with Crippen LogP contribution in [-0.2, 0) is 6.42 Å². The third-order valence-electron chi connectivity index (χ3n) is 2.27. The highest BCUT2D eigenvalue weighted by Gasteiger charge is 2.29. The van der Waals surface area contributed by atoms with Gasteiger partial charge in [0, 0.05) is 11.3 Å². The van der Waals surface area contributed by atoms with Crippen LogP contribution in [-0.4, -0.2) is 21.2 Å². The first-order chi connectivity index (χ1) is 6.11. The molecule has 4 nitrogen and oxygen atoms in total. The van der Waals surface area contributed by atoms with Crippen LogP contribution in [0.15, 0.2) is 4.47 Å². The second-order valence-corrected chi connectivity index (χ2v) is 3.86. The highest BCUT2D eigenvalue weighted by molar-refractivity contribution is 9.10. The van der Waals surface area contributed by atoms with Crippen LogP contribution in [0.2, 0.25) is 0 Å². The minimum atomic E-state index is -1.01. The maximum atomic E-state index is 10.7. The van der Waals surface area contributed by atoms with Crippen LogP contribution < -0.4 is 0 Å². The number of rotatable bonds is 1. The monoisotopic (exact) mass is 245 g/mol. The SMILES string of the molecule is O=C(O)c1[nH]c2c(c1Br)C(O)CC2. The number of carboxylic acids is 1. The summed E-state index contributed by atoms with van der Waals surface area (Å²) in [7, 11) is 0. The summed E-state index contributed by atoms with van der Waals surface area (Å²) in [5.74, 6) is -1.01. The Bertz CT molecular complexity index is 372. The molecule has 1 heterocycles. The topological polar surface area (TPSA) is 73.3 Å². The van der Waals surface area contributed by atoms with Crippen LogP contribution in [0.4, 0.5) is 0 Å². The van der Waals surface area contributed by atoms with Gasteiger partial charge < -0.3 is 15.2 Å². The van der Waals surface area contributed by atoms with Gasteiger partial charge in [-0.25, -0.2) is 4.79 Å². The van der Waals surface area contributed by atoms with E-state index in [9.17, 15) is 9.90 Å². The van der Waals surface area contributed by atoms with Crippen molar-refractivity contribution in [2.24, 2.45) is 0 Å². The lowest BCUT2D eigenvalue weighted by molar-refractivity contribution is 0.0689. The predicted octanol–water partition coefficient (Wildman–Crippen LogP) is 1.45. The molecule has 1 aliphatic rings. The first kappa shape index (κ1) is 8.77. The van der Waals surface area contributed by atoms with Crippen molar-refractivity contribution in [3.8, 4) is 0 Å². The number of fused-ring (bicyclic) bond motifs is 1. The molecule has 0 spiro atoms. The minimum Gasteiger partial charge on any atom is -0.477 e. The maximum Gasteiger partial charge on any atom is 0.353 e. The summed E-state index contributed by atoms with van der Waals surface area (Å²) in [5, 5.41) is 18.3. The van der Waals surface area contributed by atoms with Gasteiger partial charge in [-0.05, 0) is 28.8 Å². The molecule has 70 valence electrons. The Balaban J connectivity index is 2.56. The summed E-state index contributed by atoms with van der Waals surface area (Å²) >= 11 is 3.17. The molecule has 1 aliphatic carbocycles. The fourth-order valence-corrected chi connectivity index (χ4v) is 2.43. The summed E-state index contributed by atoms with van der Waals surface area (Å²) in [6.07, 6.45) is 0.843. The van der Waals surface area contributed by atoms with Gasteiger partial charge in [0.1, 0.15) is 5.69 Å². The fourth-order valence-electron chi connectivity index (χ4n) is 1.66. The molecule has 0 aliphatic heterocycles. The zero-order valence-corrected chi connectivity index (χ0v) is 8.26. The van der Waals surface area contributed by atoms with E-state index in [0.717, 1.165) is 5.69 Å². The van der Waals surface area contributed by atoms with Crippen LogP contribution >= 0.6 is 15.9 Å². The number of aliphatic hydroxyl groups excluding tert-OH is 1. The van der Waals surface area contributed by atoms with Crippen LogP contribution in [0.3, 0.4) is 0 Å². The van der Waals surface area contributed by atoms with E-state index < -0.39 is 12.1 Å². The van der Waals surface area contributed by atoms with Crippen molar-refractivity contribution in [2.75, 3.05) is 0 Å². The number of aliphatic hydroxyl groups is 1. The largest absolute Gasteiger partial charge is 0.477 e. The Kier molecular flexibility index (Phi) is 1.92. The molecule has 0 fully saturated rings. The van der Waals surface area contributed by atoms with Gasteiger partial charge in [-0.2, -0.15) is 0 Å². The van der Waals surface area contributed by atoms with Gasteiger partial charge in [-0.3, -0.25) is 0 Å². The number of hydrogen-bond acceptors (Lipinski definition) is 2. The zero-order chi connectivity index (χ0) is 9.59. The Morgan fingerprint density at radius 2 is 2.31 bits per heavy atom. The van der Waals surface area contributed by atoms with Crippen molar-refractivity contribution in [2.45, 2.75) is 18.9 Å². The van der Waals surface area contributed by atoms with Crippen LogP contribution in [0.5, 0.6) is 0 Å². The molecule has 2 rings (SSSR count). The Morgan fingerprint density at radius 1 is 1.62 bits per heavy atom. The minimum absolute atomic E-state index is 0.128. The highest BCUT2D eigenvalue weighted by Crippen LogP contribution is 2.38. The molecule has 0 aromatic carbocycles. The van der Waals surface area contributed by atoms with Gasteiger partial charge in [0.2, 0.25) is 0 Å². The quantitative estimate of drug-likeness (QED) is 0.702. The van der Waals surface area contributed by atoms with E-state index in [1.54, 1.807) is 0 Å². The van der Waals surface area contributed by atoms with Crippen molar-refractivity contribution < 1.29 is 15.0 Å². The standard InChI is InChI=1S/C8H8BrNO3/c9-6-5-3(1-2-4(5)11)10-7(6)8(12)13/h4,10-11H,1-2H2,(H,12,13). The van der Waals surface area contributed by atoms with Gasteiger partial charge in [0.15, 0.2) is 0 Å². The van der Waals surface area contributed by atoms with Crippen molar-refractivity contribution in [3.05, 3.63) is 21.4 Å². The lowest BCUT2D eigenvalue weighted by Gasteiger charge is -2.00. The van der Waals surface area contributed by atoms with Crippen LogP contribution in [0, 0.1) is 0 Å². The van der Waals surface area contributed by atoms with Gasteiger partial charge in [0.05, 0.1) is 10.6 Å². The number of aromatic amines is 1. The van der Waals surface area contributed by atoms with Crippen molar-refractivity contribution >= 4 is 21.9 Å². The molecule has 0 radical (unpaired) electrons. The predicted molar refractivity (Wildman–Crippen MR) is 48.7 cm³/mol. The van der Waals surface area contributed by atoms with E-state index in [0.29, 0.717) is 22.9 Å². The number of nitrogens with one attached hydrogen (secondary N) is 1. The highest BCUT2D eigenvalue weighted by atomic mass is 79.9. The van der Waals surface area contributed by atoms with Crippen molar-refractivity contribution in [3.63, 3.8) is 0 Å². The molecule has 0 saturated carbocycles. The number of hydrogen-bond donors (Lipinski definition) is 3. The van der Waals surface area contributed by atoms with E-state index in [4.69, 9.17) is 5.11 Å². The lowest BCUT2D eigenvalue weighted by atomic mass is 10.2. The first-order valence-corrected chi connectivity index (χ1v) is 4.72. The number of carboxylic acid groups (broad SMARTS) is 1. The number of carbonyl (C=O) groups is 1. The molecule has 1 unspecified atom stereocenters. The molecule has 13 heavy (non-hydrogen) atoms. The second kappa shape index (κ2) is 2.85. The van der Waals surface area contributed by atoms with Gasteiger partial charge >= 0.3 is 5.97 Å². The molecule has 3 N–H and O–H groups in total. The van der Waals surface area contributed by atoms with Gasteiger partial charge in [-0.15, -0.1) is 0 Å². The summed E-state index contributed by atoms with van der Waals surface area (Å²) in [4.78, 5) is 13.5. The summed E-state index contributed by atoms with van der Waals surface area (Å²) in [6.45, 7) is 0. The molecule has 1 atom stereocenters. The summed E-state index contributed by atoms with van der Waals surface area (Å²) < 4.78 is 0.486. The average Bonchev–Trinajstić information content (AvgIpc) is 2.55. The van der Waals surface area contributed by atoms with Gasteiger partial charge in [-0.1, -0.05) is 0 Å². The number of aromatic carboxylic acids is 1. The Hall–Kier alpha value is -0.810. The first-order valence-electron chi connectivity index (χ1n) is 3.93. The van der Waals surface area contributed by atoms with E-state index in [2.05, 4.69) is 20.9 Å². The van der Waals surface area contributed by atoms with E-state index in [1.165, 1.54) is 0 Å². The number of aryl methyl sites for hydroxylation is 1.